The zero-order chi connectivity index (χ0) is 39.7. The first kappa shape index (κ1) is 40.1. The summed E-state index contributed by atoms with van der Waals surface area (Å²) in [6.45, 7) is -0.961. The third-order valence-corrected chi connectivity index (χ3v) is 12.6. The number of aryl methyl sites for hydroxylation is 1. The lowest BCUT2D eigenvalue weighted by atomic mass is 9.96. The van der Waals surface area contributed by atoms with Crippen molar-refractivity contribution in [1.82, 2.24) is 34.1 Å². The minimum atomic E-state index is -6.00. The number of nitrogens with one attached hydrogen (secondary N) is 2. The normalized spacial score (nSPS) is 30.8. The summed E-state index contributed by atoms with van der Waals surface area (Å²) in [5.41, 5.74) is 7.52. The average Bonchev–Trinajstić information content (AvgIpc) is 3.75. The number of nitrogens with two attached hydrogens (primary N) is 2. The number of hydrogen-bond donors (Lipinski definition) is 10. The van der Waals surface area contributed by atoms with E-state index in [2.05, 4.69) is 42.6 Å². The number of methoxy groups -OCH3 is 1. The number of ether oxygens (including phenoxy) is 3. The molecular weight excluding hydrogens is 797 g/mol. The smallest absolute Gasteiger partial charge is 0.387 e. The minimum absolute atomic E-state index is 0.00999. The predicted molar refractivity (Wildman–Crippen MR) is 173 cm³/mol. The number of H-pyrrole nitrogens is 2. The van der Waals surface area contributed by atoms with Crippen molar-refractivity contribution in [2.24, 2.45) is 7.05 Å². The second-order valence-electron chi connectivity index (χ2n) is 12.1. The number of aromatic nitrogens is 8. The van der Waals surface area contributed by atoms with Crippen molar-refractivity contribution < 1.29 is 80.1 Å². The van der Waals surface area contributed by atoms with Crippen LogP contribution in [0.3, 0.4) is 0 Å². The highest BCUT2D eigenvalue weighted by Crippen LogP contribution is 2.68. The lowest BCUT2D eigenvalue weighted by Crippen LogP contribution is -2.53. The first-order valence-electron chi connectivity index (χ1n) is 15.1. The molecule has 2 fully saturated rings. The molecule has 2 aliphatic rings. The summed E-state index contributed by atoms with van der Waals surface area (Å²) in [5, 5.41) is 32.6. The van der Waals surface area contributed by atoms with Gasteiger partial charge in [-0.05, 0) is 6.92 Å². The van der Waals surface area contributed by atoms with Crippen LogP contribution in [0.25, 0.3) is 22.3 Å². The summed E-state index contributed by atoms with van der Waals surface area (Å²) < 4.78 is 75.6. The number of aliphatic hydroxyl groups excluding tert-OH is 2. The first-order chi connectivity index (χ1) is 25.0. The number of rotatable bonds is 13. The molecule has 28 nitrogen and oxygen atoms in total. The number of hydrogen-bond acceptors (Lipinski definition) is 20. The molecule has 2 aliphatic heterocycles. The molecule has 298 valence electrons. The maximum Gasteiger partial charge on any atom is 0.490 e. The molecule has 0 radical (unpaired) electrons. The maximum absolute atomic E-state index is 12.6. The van der Waals surface area contributed by atoms with Gasteiger partial charge in [0.1, 0.15) is 36.1 Å². The van der Waals surface area contributed by atoms with E-state index < -0.39 is 96.4 Å². The summed E-state index contributed by atoms with van der Waals surface area (Å²) in [5.74, 6) is -0.544. The van der Waals surface area contributed by atoms with Crippen molar-refractivity contribution in [1.29, 1.82) is 0 Å². The van der Waals surface area contributed by atoms with Crippen molar-refractivity contribution in [3.63, 3.8) is 0 Å². The number of nitrogen functional groups attached to an aromatic ring is 2. The Morgan fingerprint density at radius 1 is 0.963 bits per heavy atom. The molecule has 4 aromatic rings. The Hall–Kier alpha value is -3.53. The highest BCUT2D eigenvalue weighted by atomic mass is 31.3. The Labute approximate surface area is 299 Å². The van der Waals surface area contributed by atoms with Crippen LogP contribution in [-0.4, -0.2) is 120 Å². The Balaban J connectivity index is 1.07. The Morgan fingerprint density at radius 3 is 2.19 bits per heavy atom. The van der Waals surface area contributed by atoms with Gasteiger partial charge in [-0.3, -0.25) is 37.7 Å². The van der Waals surface area contributed by atoms with Gasteiger partial charge in [-0.25, -0.2) is 23.2 Å². The largest absolute Gasteiger partial charge is 0.490 e. The van der Waals surface area contributed by atoms with E-state index in [9.17, 15) is 53.3 Å². The molecule has 4 unspecified atom stereocenters. The third-order valence-electron chi connectivity index (χ3n) is 8.32. The van der Waals surface area contributed by atoms with Crippen LogP contribution in [0.4, 0.5) is 11.9 Å². The van der Waals surface area contributed by atoms with Crippen molar-refractivity contribution in [2.75, 3.05) is 31.8 Å². The summed E-state index contributed by atoms with van der Waals surface area (Å²) in [4.78, 5) is 71.4. The van der Waals surface area contributed by atoms with E-state index in [1.54, 1.807) is 0 Å². The zero-order valence-corrected chi connectivity index (χ0v) is 30.6. The fraction of sp³-hybridized carbons (Fsp3) is 0.565. The predicted octanol–water partition coefficient (Wildman–Crippen LogP) is -3.50. The van der Waals surface area contributed by atoms with Gasteiger partial charge >= 0.3 is 29.1 Å². The molecule has 12 N–H and O–H groups in total. The number of aromatic amines is 2. The van der Waals surface area contributed by atoms with E-state index in [1.165, 1.54) is 29.6 Å². The van der Waals surface area contributed by atoms with Crippen LogP contribution in [0.1, 0.15) is 19.4 Å². The molecule has 0 aromatic carbocycles. The molecular formula is C23H34N10O18P3+. The van der Waals surface area contributed by atoms with Gasteiger partial charge < -0.3 is 55.7 Å². The van der Waals surface area contributed by atoms with Crippen LogP contribution in [0.5, 0.6) is 0 Å². The van der Waals surface area contributed by atoms with E-state index in [4.69, 9.17) is 25.7 Å². The molecule has 0 saturated carbocycles. The Bertz CT molecular complexity index is 2350. The topological polar surface area (TPSA) is 407 Å². The number of phosphoric ester groups is 2. The van der Waals surface area contributed by atoms with Crippen LogP contribution in [0.15, 0.2) is 22.2 Å². The molecule has 4 aromatic heterocycles. The number of phosphoric acid groups is 3. The van der Waals surface area contributed by atoms with Gasteiger partial charge in [-0.1, -0.05) is 4.98 Å². The van der Waals surface area contributed by atoms with Gasteiger partial charge in [-0.2, -0.15) is 13.6 Å². The van der Waals surface area contributed by atoms with E-state index in [0.29, 0.717) is 0 Å². The second-order valence-corrected chi connectivity index (χ2v) is 16.8. The van der Waals surface area contributed by atoms with Crippen LogP contribution >= 0.6 is 23.5 Å². The quantitative estimate of drug-likeness (QED) is 0.0461. The molecule has 6 rings (SSSR count). The molecule has 0 bridgehead atoms. The van der Waals surface area contributed by atoms with E-state index >= 15 is 0 Å². The maximum atomic E-state index is 12.6. The van der Waals surface area contributed by atoms with Crippen LogP contribution < -0.4 is 27.2 Å². The number of imidazole rings is 2. The summed E-state index contributed by atoms with van der Waals surface area (Å²) in [7, 11) is -14.7. The average molecular weight is 831 g/mol. The van der Waals surface area contributed by atoms with Crippen molar-refractivity contribution in [3.05, 3.63) is 33.4 Å². The highest BCUT2D eigenvalue weighted by Gasteiger charge is 2.56. The monoisotopic (exact) mass is 831 g/mol. The van der Waals surface area contributed by atoms with Crippen LogP contribution in [-0.2, 0) is 52.6 Å². The van der Waals surface area contributed by atoms with Crippen molar-refractivity contribution >= 4 is 57.7 Å². The molecule has 0 aliphatic carbocycles. The zero-order valence-electron chi connectivity index (χ0n) is 27.9. The standard InChI is InChI=1S/C23H33N10O18P3/c1-23(38)14(35)9(49-20(23)33-7-31(2)11-16(33)28-22(25)30-18(11)37)5-47-53(41,42)51-54(43,44)50-52(39,40)46-4-8-12(34)13(45-3)19(48-8)32-6-26-10-15(32)27-21(24)29-17(10)36/h6-9,12-14,19-20,34-35,38H,4-5H2,1-3H3,(H8-,24,25,27,28,29,30,36,37,39,40,41,42,43,44)/p+1/t8-,9?,12-,13-,14-,19-,20-,23-/m1/s1. The highest BCUT2D eigenvalue weighted by molar-refractivity contribution is 7.66. The fourth-order valence-electron chi connectivity index (χ4n) is 5.94. The van der Waals surface area contributed by atoms with Gasteiger partial charge in [0.2, 0.25) is 17.7 Å². The van der Waals surface area contributed by atoms with Crippen molar-refractivity contribution in [2.45, 2.75) is 55.5 Å². The van der Waals surface area contributed by atoms with Gasteiger partial charge in [0, 0.05) is 7.11 Å². The number of nitrogens with zero attached hydrogens (tertiary/aromatic N) is 6. The van der Waals surface area contributed by atoms with E-state index in [-0.39, 0.29) is 34.2 Å². The molecule has 6 heterocycles. The molecule has 2 saturated heterocycles. The molecule has 0 spiro atoms. The number of anilines is 2. The van der Waals surface area contributed by atoms with Gasteiger partial charge in [0.05, 0.1) is 26.6 Å². The number of fused-ring (bicyclic) bond motifs is 2. The summed E-state index contributed by atoms with van der Waals surface area (Å²) >= 11 is 0. The number of aliphatic hydroxyl groups is 3. The third kappa shape index (κ3) is 7.65. The molecule has 0 amide bonds. The lowest BCUT2D eigenvalue weighted by molar-refractivity contribution is -0.752. The Morgan fingerprint density at radius 2 is 1.56 bits per heavy atom. The molecule has 31 heteroatoms. The second kappa shape index (κ2) is 14.2. The summed E-state index contributed by atoms with van der Waals surface area (Å²) in [6, 6.07) is 0. The lowest BCUT2D eigenvalue weighted by Gasteiger charge is -2.25. The molecule has 11 atom stereocenters. The van der Waals surface area contributed by atoms with E-state index in [0.717, 1.165) is 17.8 Å². The van der Waals surface area contributed by atoms with E-state index in [1.807, 2.05) is 0 Å². The van der Waals surface area contributed by atoms with Gasteiger partial charge in [0.25, 0.3) is 17.1 Å². The van der Waals surface area contributed by atoms with Crippen LogP contribution in [0, 0.1) is 0 Å². The van der Waals surface area contributed by atoms with Gasteiger partial charge in [0.15, 0.2) is 23.7 Å². The molecule has 54 heavy (non-hydrogen) atoms. The van der Waals surface area contributed by atoms with Gasteiger partial charge in [-0.15, -0.1) is 0 Å². The SMILES string of the molecule is CO[C@@H]1[C@H](O)[C@@H](COP(=O)(O)OP(=O)(O)OP(=O)(O)OCC2O[C@@H]([n+]3cn(C)c4c(=O)[nH]c(N)nc43)[C@](C)(O)[C@@H]2O)O[C@H]1n1cnc2c(=O)[nH]c(N)nc21. The first-order valence-corrected chi connectivity index (χ1v) is 19.6. The fourth-order valence-corrected chi connectivity index (χ4v) is 9.46. The Kier molecular flexibility index (Phi) is 10.6. The minimum Gasteiger partial charge on any atom is -0.387 e. The summed E-state index contributed by atoms with van der Waals surface area (Å²) in [6.07, 6.45) is -8.12. The van der Waals surface area contributed by atoms with Crippen LogP contribution in [0.2, 0.25) is 0 Å². The van der Waals surface area contributed by atoms with Crippen molar-refractivity contribution in [3.8, 4) is 0 Å².